The molecule has 0 radical (unpaired) electrons. The van der Waals surface area contributed by atoms with Gasteiger partial charge in [-0.25, -0.2) is 0 Å². The zero-order chi connectivity index (χ0) is 15.1. The van der Waals surface area contributed by atoms with Crippen molar-refractivity contribution >= 4 is 5.91 Å². The summed E-state index contributed by atoms with van der Waals surface area (Å²) >= 11 is 0. The molecule has 4 heteroatoms. The Labute approximate surface area is 125 Å². The average molecular weight is 287 g/mol. The molecule has 1 atom stereocenters. The first-order chi connectivity index (χ1) is 10.2. The van der Waals surface area contributed by atoms with Crippen molar-refractivity contribution in [2.24, 2.45) is 0 Å². The Morgan fingerprint density at radius 3 is 3.05 bits per heavy atom. The molecule has 2 rings (SSSR count). The van der Waals surface area contributed by atoms with Gasteiger partial charge in [0.1, 0.15) is 12.7 Å². The van der Waals surface area contributed by atoms with E-state index in [1.54, 1.807) is 11.9 Å². The van der Waals surface area contributed by atoms with E-state index in [-0.39, 0.29) is 18.6 Å². The maximum atomic E-state index is 12.3. The third kappa shape index (κ3) is 4.59. The maximum Gasteiger partial charge on any atom is 0.251 e. The third-order valence-corrected chi connectivity index (χ3v) is 3.49. The van der Waals surface area contributed by atoms with Gasteiger partial charge in [-0.05, 0) is 37.0 Å². The van der Waals surface area contributed by atoms with Crippen LogP contribution in [0.5, 0.6) is 0 Å². The SMILES string of the molecule is CN(Cc1cccc(C#CCO)c1)C(=O)C1CCCCO1. The third-order valence-electron chi connectivity index (χ3n) is 3.49. The molecule has 112 valence electrons. The number of aliphatic hydroxyl groups is 1. The van der Waals surface area contributed by atoms with E-state index < -0.39 is 0 Å². The lowest BCUT2D eigenvalue weighted by molar-refractivity contribution is -0.145. The molecule has 0 aromatic heterocycles. The second-order valence-electron chi connectivity index (χ2n) is 5.21. The van der Waals surface area contributed by atoms with Crippen molar-refractivity contribution in [1.82, 2.24) is 4.90 Å². The van der Waals surface area contributed by atoms with Crippen molar-refractivity contribution in [2.45, 2.75) is 31.9 Å². The summed E-state index contributed by atoms with van der Waals surface area (Å²) in [6.07, 6.45) is 2.61. The van der Waals surface area contributed by atoms with Gasteiger partial charge in [0.05, 0.1) is 0 Å². The van der Waals surface area contributed by atoms with Crippen molar-refractivity contribution in [3.63, 3.8) is 0 Å². The summed E-state index contributed by atoms with van der Waals surface area (Å²) in [6.45, 7) is 1.06. The molecule has 0 saturated carbocycles. The smallest absolute Gasteiger partial charge is 0.251 e. The highest BCUT2D eigenvalue weighted by Gasteiger charge is 2.24. The van der Waals surface area contributed by atoms with Gasteiger partial charge in [0.15, 0.2) is 0 Å². The number of aliphatic hydroxyl groups excluding tert-OH is 1. The molecule has 1 heterocycles. The molecule has 0 spiro atoms. The lowest BCUT2D eigenvalue weighted by Crippen LogP contribution is -2.39. The van der Waals surface area contributed by atoms with E-state index in [0.717, 1.165) is 30.4 Å². The Balaban J connectivity index is 1.98. The summed E-state index contributed by atoms with van der Waals surface area (Å²) in [5, 5.41) is 8.72. The van der Waals surface area contributed by atoms with Crippen LogP contribution in [-0.4, -0.2) is 42.3 Å². The molecule has 1 aliphatic rings. The van der Waals surface area contributed by atoms with Crippen LogP contribution in [0.1, 0.15) is 30.4 Å². The van der Waals surface area contributed by atoms with E-state index in [2.05, 4.69) is 11.8 Å². The van der Waals surface area contributed by atoms with Crippen LogP contribution in [0.3, 0.4) is 0 Å². The van der Waals surface area contributed by atoms with Crippen LogP contribution in [0.4, 0.5) is 0 Å². The zero-order valence-electron chi connectivity index (χ0n) is 12.3. The first-order valence-corrected chi connectivity index (χ1v) is 7.26. The van der Waals surface area contributed by atoms with E-state index >= 15 is 0 Å². The van der Waals surface area contributed by atoms with Crippen LogP contribution in [0.25, 0.3) is 0 Å². The zero-order valence-corrected chi connectivity index (χ0v) is 12.3. The second-order valence-corrected chi connectivity index (χ2v) is 5.21. The standard InChI is InChI=1S/C17H21NO3/c1-18(17(20)16-9-2-3-11-21-16)13-15-7-4-6-14(12-15)8-5-10-19/h4,6-7,12,16,19H,2-3,9-11,13H2,1H3. The minimum absolute atomic E-state index is 0.0431. The lowest BCUT2D eigenvalue weighted by atomic mass is 10.1. The summed E-state index contributed by atoms with van der Waals surface area (Å²) < 4.78 is 5.53. The summed E-state index contributed by atoms with van der Waals surface area (Å²) in [7, 11) is 1.80. The number of hydrogen-bond acceptors (Lipinski definition) is 3. The van der Waals surface area contributed by atoms with Gasteiger partial charge in [-0.15, -0.1) is 0 Å². The number of rotatable bonds is 3. The molecule has 1 fully saturated rings. The molecule has 1 amide bonds. The van der Waals surface area contributed by atoms with Crippen LogP contribution < -0.4 is 0 Å². The fraction of sp³-hybridized carbons (Fsp3) is 0.471. The van der Waals surface area contributed by atoms with Gasteiger partial charge in [0.25, 0.3) is 5.91 Å². The quantitative estimate of drug-likeness (QED) is 0.858. The molecular formula is C17H21NO3. The largest absolute Gasteiger partial charge is 0.384 e. The molecule has 1 N–H and O–H groups in total. The first-order valence-electron chi connectivity index (χ1n) is 7.26. The highest BCUT2D eigenvalue weighted by Crippen LogP contribution is 2.16. The summed E-state index contributed by atoms with van der Waals surface area (Å²) in [4.78, 5) is 14.0. The molecule has 1 aromatic rings. The summed E-state index contributed by atoms with van der Waals surface area (Å²) in [6, 6.07) is 7.70. The van der Waals surface area contributed by atoms with E-state index in [1.807, 2.05) is 24.3 Å². The number of carbonyl (C=O) groups is 1. The van der Waals surface area contributed by atoms with E-state index in [4.69, 9.17) is 9.84 Å². The van der Waals surface area contributed by atoms with Gasteiger partial charge in [-0.1, -0.05) is 24.0 Å². The topological polar surface area (TPSA) is 49.8 Å². The Bertz CT molecular complexity index is 538. The van der Waals surface area contributed by atoms with Crippen molar-refractivity contribution in [3.05, 3.63) is 35.4 Å². The van der Waals surface area contributed by atoms with Gasteiger partial charge < -0.3 is 14.7 Å². The van der Waals surface area contributed by atoms with Crippen molar-refractivity contribution < 1.29 is 14.6 Å². The molecule has 1 unspecified atom stereocenters. The fourth-order valence-corrected chi connectivity index (χ4v) is 2.42. The number of amides is 1. The normalized spacial score (nSPS) is 17.7. The van der Waals surface area contributed by atoms with Crippen LogP contribution in [0, 0.1) is 11.8 Å². The molecule has 1 aliphatic heterocycles. The summed E-state index contributed by atoms with van der Waals surface area (Å²) in [5.74, 6) is 5.54. The van der Waals surface area contributed by atoms with E-state index in [9.17, 15) is 4.79 Å². The van der Waals surface area contributed by atoms with Gasteiger partial charge in [-0.3, -0.25) is 4.79 Å². The number of ether oxygens (including phenoxy) is 1. The molecule has 0 bridgehead atoms. The predicted octanol–water partition coefficient (Wildman–Crippen LogP) is 1.56. The van der Waals surface area contributed by atoms with Crippen LogP contribution in [0.2, 0.25) is 0 Å². The molecule has 1 saturated heterocycles. The molecule has 21 heavy (non-hydrogen) atoms. The Morgan fingerprint density at radius 2 is 2.33 bits per heavy atom. The van der Waals surface area contributed by atoms with Gasteiger partial charge >= 0.3 is 0 Å². The second kappa shape index (κ2) is 7.82. The van der Waals surface area contributed by atoms with E-state index in [1.165, 1.54) is 0 Å². The van der Waals surface area contributed by atoms with Crippen LogP contribution in [-0.2, 0) is 16.1 Å². The number of nitrogens with zero attached hydrogens (tertiary/aromatic N) is 1. The first kappa shape index (κ1) is 15.6. The summed E-state index contributed by atoms with van der Waals surface area (Å²) in [5.41, 5.74) is 1.86. The van der Waals surface area contributed by atoms with Crippen LogP contribution in [0.15, 0.2) is 24.3 Å². The highest BCUT2D eigenvalue weighted by atomic mass is 16.5. The fourth-order valence-electron chi connectivity index (χ4n) is 2.42. The predicted molar refractivity (Wildman–Crippen MR) is 80.5 cm³/mol. The lowest BCUT2D eigenvalue weighted by Gasteiger charge is -2.26. The number of likely N-dealkylation sites (N-methyl/N-ethyl adjacent to an activating group) is 1. The van der Waals surface area contributed by atoms with E-state index in [0.29, 0.717) is 13.2 Å². The minimum Gasteiger partial charge on any atom is -0.384 e. The Hall–Kier alpha value is -1.83. The molecule has 0 aliphatic carbocycles. The molecule has 4 nitrogen and oxygen atoms in total. The Kier molecular flexibility index (Phi) is 5.79. The van der Waals surface area contributed by atoms with Crippen molar-refractivity contribution in [3.8, 4) is 11.8 Å². The molecule has 1 aromatic carbocycles. The number of benzene rings is 1. The van der Waals surface area contributed by atoms with Crippen LogP contribution >= 0.6 is 0 Å². The molecular weight excluding hydrogens is 266 g/mol. The minimum atomic E-state index is -0.291. The average Bonchev–Trinajstić information content (AvgIpc) is 2.53. The number of hydrogen-bond donors (Lipinski definition) is 1. The van der Waals surface area contributed by atoms with Crippen molar-refractivity contribution in [2.75, 3.05) is 20.3 Å². The van der Waals surface area contributed by atoms with Crippen molar-refractivity contribution in [1.29, 1.82) is 0 Å². The van der Waals surface area contributed by atoms with Gasteiger partial charge in [0, 0.05) is 25.8 Å². The number of carbonyl (C=O) groups excluding carboxylic acids is 1. The maximum absolute atomic E-state index is 12.3. The Morgan fingerprint density at radius 1 is 1.48 bits per heavy atom. The monoisotopic (exact) mass is 287 g/mol. The van der Waals surface area contributed by atoms with Gasteiger partial charge in [0.2, 0.25) is 0 Å². The van der Waals surface area contributed by atoms with Gasteiger partial charge in [-0.2, -0.15) is 0 Å². The highest BCUT2D eigenvalue weighted by molar-refractivity contribution is 5.80.